The fourth-order valence-corrected chi connectivity index (χ4v) is 2.65. The number of guanidine groups is 1. The van der Waals surface area contributed by atoms with Crippen molar-refractivity contribution in [1.29, 1.82) is 0 Å². The van der Waals surface area contributed by atoms with Crippen LogP contribution in [0.15, 0.2) is 53.7 Å². The van der Waals surface area contributed by atoms with E-state index in [4.69, 9.17) is 11.5 Å². The van der Waals surface area contributed by atoms with Gasteiger partial charge in [0.05, 0.1) is 11.1 Å². The lowest BCUT2D eigenvalue weighted by Crippen LogP contribution is -2.24. The average molecular weight is 376 g/mol. The van der Waals surface area contributed by atoms with Crippen LogP contribution in [0.5, 0.6) is 0 Å². The highest BCUT2D eigenvalue weighted by Crippen LogP contribution is 2.37. The Labute approximate surface area is 150 Å². The van der Waals surface area contributed by atoms with Crippen LogP contribution in [0, 0.1) is 5.82 Å². The van der Waals surface area contributed by atoms with Crippen LogP contribution in [0.4, 0.5) is 17.6 Å². The van der Waals surface area contributed by atoms with Gasteiger partial charge in [-0.1, -0.05) is 12.1 Å². The van der Waals surface area contributed by atoms with Crippen LogP contribution in [0.1, 0.15) is 15.9 Å². The van der Waals surface area contributed by atoms with Gasteiger partial charge in [0, 0.05) is 22.7 Å². The van der Waals surface area contributed by atoms with Crippen molar-refractivity contribution in [3.05, 3.63) is 65.6 Å². The molecule has 0 spiro atoms. The summed E-state index contributed by atoms with van der Waals surface area (Å²) < 4.78 is 53.6. The van der Waals surface area contributed by atoms with Crippen LogP contribution in [0.3, 0.4) is 0 Å². The molecule has 0 radical (unpaired) electrons. The fourth-order valence-electron chi connectivity index (χ4n) is 2.65. The Hall–Kier alpha value is -3.49. The molecule has 9 heteroatoms. The molecular weight excluding hydrogens is 364 g/mol. The number of nitrogens with zero attached hydrogens (tertiary/aromatic N) is 2. The summed E-state index contributed by atoms with van der Waals surface area (Å²) in [6, 6.07) is 8.61. The van der Waals surface area contributed by atoms with Gasteiger partial charge in [0.1, 0.15) is 5.82 Å². The second-order valence-electron chi connectivity index (χ2n) is 5.60. The summed E-state index contributed by atoms with van der Waals surface area (Å²) in [6.07, 6.45) is -3.49. The van der Waals surface area contributed by atoms with E-state index in [1.54, 1.807) is 0 Å². The molecule has 0 bridgehead atoms. The number of alkyl halides is 3. The number of benzene rings is 2. The molecule has 0 saturated carbocycles. The van der Waals surface area contributed by atoms with E-state index in [9.17, 15) is 22.4 Å². The van der Waals surface area contributed by atoms with Crippen molar-refractivity contribution in [3.63, 3.8) is 0 Å². The first kappa shape index (κ1) is 18.3. The van der Waals surface area contributed by atoms with Crippen LogP contribution in [0.25, 0.3) is 22.0 Å². The van der Waals surface area contributed by atoms with Crippen molar-refractivity contribution in [3.8, 4) is 11.1 Å². The zero-order valence-electron chi connectivity index (χ0n) is 13.6. The van der Waals surface area contributed by atoms with Gasteiger partial charge in [0.2, 0.25) is 0 Å². The summed E-state index contributed by atoms with van der Waals surface area (Å²) in [4.78, 5) is 19.5. The molecule has 0 atom stereocenters. The molecule has 0 aliphatic heterocycles. The molecule has 3 aromatic rings. The maximum Gasteiger partial charge on any atom is 0.419 e. The topological polar surface area (TPSA) is 94.4 Å². The van der Waals surface area contributed by atoms with E-state index in [1.807, 2.05) is 0 Å². The molecule has 5 nitrogen and oxygen atoms in total. The fraction of sp³-hybridized carbons (Fsp3) is 0.0556. The Kier molecular flexibility index (Phi) is 4.52. The van der Waals surface area contributed by atoms with Gasteiger partial charge in [-0.15, -0.1) is 0 Å². The number of nitrogens with two attached hydrogens (primary N) is 2. The Morgan fingerprint density at radius 3 is 2.44 bits per heavy atom. The van der Waals surface area contributed by atoms with Crippen LogP contribution < -0.4 is 11.5 Å². The molecule has 1 heterocycles. The number of carbonyl (C=O) groups excluding carboxylic acids is 1. The smallest absolute Gasteiger partial charge is 0.370 e. The van der Waals surface area contributed by atoms with Crippen molar-refractivity contribution in [2.24, 2.45) is 16.5 Å². The highest BCUT2D eigenvalue weighted by atomic mass is 19.4. The molecule has 138 valence electrons. The standard InChI is InChI=1S/C18H12F4N4O/c19-15-11(2-1-3-13(15)18(20,21)22)10-6-7-25-14-5-4-9(8-12(10)14)16(27)26-17(23)24/h1-8H,(H4,23,24,26,27). The van der Waals surface area contributed by atoms with Gasteiger partial charge in [0.25, 0.3) is 5.91 Å². The minimum atomic E-state index is -4.84. The largest absolute Gasteiger partial charge is 0.419 e. The van der Waals surface area contributed by atoms with Gasteiger partial charge in [-0.25, -0.2) is 4.39 Å². The summed E-state index contributed by atoms with van der Waals surface area (Å²) in [5, 5.41) is 0.285. The van der Waals surface area contributed by atoms with E-state index in [2.05, 4.69) is 9.98 Å². The van der Waals surface area contributed by atoms with Gasteiger partial charge in [-0.2, -0.15) is 18.2 Å². The lowest BCUT2D eigenvalue weighted by Gasteiger charge is -2.13. The SMILES string of the molecule is NC(N)=NC(=O)c1ccc2nccc(-c3cccc(C(F)(F)F)c3F)c2c1. The minimum Gasteiger partial charge on any atom is -0.370 e. The summed E-state index contributed by atoms with van der Waals surface area (Å²) in [7, 11) is 0. The zero-order chi connectivity index (χ0) is 19.8. The zero-order valence-corrected chi connectivity index (χ0v) is 13.6. The highest BCUT2D eigenvalue weighted by molar-refractivity contribution is 6.05. The van der Waals surface area contributed by atoms with Crippen molar-refractivity contribution < 1.29 is 22.4 Å². The molecule has 1 amide bonds. The number of pyridine rings is 1. The van der Waals surface area contributed by atoms with E-state index in [0.717, 1.165) is 6.07 Å². The van der Waals surface area contributed by atoms with Crippen LogP contribution >= 0.6 is 0 Å². The molecular formula is C18H12F4N4O. The maximum atomic E-state index is 14.6. The summed E-state index contributed by atoms with van der Waals surface area (Å²) in [5.41, 5.74) is 9.33. The van der Waals surface area contributed by atoms with Gasteiger partial charge in [-0.05, 0) is 35.9 Å². The van der Waals surface area contributed by atoms with Crippen LogP contribution in [-0.4, -0.2) is 16.9 Å². The number of fused-ring (bicyclic) bond motifs is 1. The van der Waals surface area contributed by atoms with E-state index in [1.165, 1.54) is 36.5 Å². The molecule has 2 aromatic carbocycles. The van der Waals surface area contributed by atoms with Gasteiger partial charge in [-0.3, -0.25) is 9.78 Å². The van der Waals surface area contributed by atoms with Crippen molar-refractivity contribution in [2.45, 2.75) is 6.18 Å². The van der Waals surface area contributed by atoms with E-state index >= 15 is 0 Å². The molecule has 0 aliphatic carbocycles. The molecule has 0 aliphatic rings. The summed E-state index contributed by atoms with van der Waals surface area (Å²) in [6.45, 7) is 0. The Morgan fingerprint density at radius 1 is 1.04 bits per heavy atom. The number of halogens is 4. The molecule has 0 unspecified atom stereocenters. The highest BCUT2D eigenvalue weighted by Gasteiger charge is 2.35. The predicted octanol–water partition coefficient (Wildman–Crippen LogP) is 3.47. The number of aliphatic imine (C=N–C) groups is 1. The third-order valence-electron chi connectivity index (χ3n) is 3.81. The minimum absolute atomic E-state index is 0.0811. The van der Waals surface area contributed by atoms with Gasteiger partial charge in [0.15, 0.2) is 5.96 Å². The number of rotatable bonds is 2. The predicted molar refractivity (Wildman–Crippen MR) is 92.3 cm³/mol. The molecule has 3 rings (SSSR count). The lowest BCUT2D eigenvalue weighted by molar-refractivity contribution is -0.139. The average Bonchev–Trinajstić information content (AvgIpc) is 2.59. The third-order valence-corrected chi connectivity index (χ3v) is 3.81. The first-order valence-corrected chi connectivity index (χ1v) is 7.57. The molecule has 0 saturated heterocycles. The molecule has 0 fully saturated rings. The molecule has 1 aromatic heterocycles. The van der Waals surface area contributed by atoms with E-state index in [0.29, 0.717) is 11.6 Å². The van der Waals surface area contributed by atoms with E-state index < -0.39 is 29.4 Å². The number of hydrogen-bond donors (Lipinski definition) is 2. The number of hydrogen-bond acceptors (Lipinski definition) is 2. The quantitative estimate of drug-likeness (QED) is 0.407. The van der Waals surface area contributed by atoms with Crippen LogP contribution in [0.2, 0.25) is 0 Å². The number of carbonyl (C=O) groups is 1. The Bertz CT molecular complexity index is 1070. The Balaban J connectivity index is 2.24. The second-order valence-corrected chi connectivity index (χ2v) is 5.60. The molecule has 4 N–H and O–H groups in total. The number of aromatic nitrogens is 1. The number of amides is 1. The molecule has 27 heavy (non-hydrogen) atoms. The monoisotopic (exact) mass is 376 g/mol. The van der Waals surface area contributed by atoms with Crippen molar-refractivity contribution >= 4 is 22.8 Å². The first-order chi connectivity index (χ1) is 12.7. The van der Waals surface area contributed by atoms with Gasteiger partial charge < -0.3 is 11.5 Å². The maximum absolute atomic E-state index is 14.6. The third kappa shape index (κ3) is 3.57. The Morgan fingerprint density at radius 2 is 1.78 bits per heavy atom. The van der Waals surface area contributed by atoms with Crippen molar-refractivity contribution in [2.75, 3.05) is 0 Å². The lowest BCUT2D eigenvalue weighted by atomic mass is 9.97. The normalized spacial score (nSPS) is 11.4. The first-order valence-electron chi connectivity index (χ1n) is 7.57. The van der Waals surface area contributed by atoms with E-state index in [-0.39, 0.29) is 22.1 Å². The van der Waals surface area contributed by atoms with Crippen molar-refractivity contribution in [1.82, 2.24) is 4.98 Å². The summed E-state index contributed by atoms with van der Waals surface area (Å²) in [5.74, 6) is -2.58. The summed E-state index contributed by atoms with van der Waals surface area (Å²) >= 11 is 0. The van der Waals surface area contributed by atoms with Gasteiger partial charge >= 0.3 is 6.18 Å². The second kappa shape index (κ2) is 6.67. The van der Waals surface area contributed by atoms with Crippen LogP contribution in [-0.2, 0) is 6.18 Å².